The van der Waals surface area contributed by atoms with Gasteiger partial charge in [0.15, 0.2) is 0 Å². The molecule has 0 radical (unpaired) electrons. The summed E-state index contributed by atoms with van der Waals surface area (Å²) in [5.74, 6) is 0.533. The van der Waals surface area contributed by atoms with Crippen LogP contribution in [-0.4, -0.2) is 31.9 Å². The van der Waals surface area contributed by atoms with E-state index in [0.717, 1.165) is 37.7 Å². The van der Waals surface area contributed by atoms with Crippen LogP contribution in [0.15, 0.2) is 29.2 Å². The van der Waals surface area contributed by atoms with Gasteiger partial charge in [-0.2, -0.15) is 0 Å². The predicted octanol–water partition coefficient (Wildman–Crippen LogP) is 3.05. The average Bonchev–Trinajstić information content (AvgIpc) is 2.54. The number of benzene rings is 1. The van der Waals surface area contributed by atoms with Crippen LogP contribution in [0.5, 0.6) is 0 Å². The molecule has 2 atom stereocenters. The van der Waals surface area contributed by atoms with Gasteiger partial charge in [0.2, 0.25) is 0 Å². The average molecular weight is 336 g/mol. The summed E-state index contributed by atoms with van der Waals surface area (Å²) in [6.07, 6.45) is 6.59. The summed E-state index contributed by atoms with van der Waals surface area (Å²) < 4.78 is 27.0. The van der Waals surface area contributed by atoms with E-state index in [-0.39, 0.29) is 10.9 Å². The van der Waals surface area contributed by atoms with Gasteiger partial charge in [-0.1, -0.05) is 30.5 Å². The third kappa shape index (κ3) is 3.52. The van der Waals surface area contributed by atoms with E-state index in [0.29, 0.717) is 12.5 Å². The number of urea groups is 1. The van der Waals surface area contributed by atoms with Gasteiger partial charge in [0.25, 0.3) is 10.0 Å². The minimum Gasteiger partial charge on any atom is -0.321 e. The molecule has 0 aromatic heterocycles. The first-order valence-corrected chi connectivity index (χ1v) is 9.86. The van der Waals surface area contributed by atoms with Crippen molar-refractivity contribution in [2.24, 2.45) is 5.92 Å². The minimum atomic E-state index is -3.80. The lowest BCUT2D eigenvalue weighted by molar-refractivity contribution is 0.0869. The number of aryl methyl sites for hydroxylation is 1. The van der Waals surface area contributed by atoms with Crippen LogP contribution < -0.4 is 4.72 Å². The number of hydrogen-bond acceptors (Lipinski definition) is 3. The Morgan fingerprint density at radius 3 is 2.48 bits per heavy atom. The number of likely N-dealkylation sites (tertiary alicyclic amines) is 1. The van der Waals surface area contributed by atoms with E-state index >= 15 is 0 Å². The van der Waals surface area contributed by atoms with Crippen LogP contribution in [0.2, 0.25) is 0 Å². The molecule has 126 valence electrons. The summed E-state index contributed by atoms with van der Waals surface area (Å²) in [5, 5.41) is 0. The predicted molar refractivity (Wildman–Crippen MR) is 88.6 cm³/mol. The lowest BCUT2D eigenvalue weighted by atomic mass is 9.78. The number of amides is 2. The molecule has 5 nitrogen and oxygen atoms in total. The Hall–Kier alpha value is -1.56. The first kappa shape index (κ1) is 16.3. The standard InChI is InChI=1S/C17H24N2O3S/c1-13-8-10-15(11-9-13)23(21,22)18-17(20)19-12-4-6-14-5-2-3-7-16(14)19/h8-11,14,16H,2-7,12H2,1H3,(H,18,20)/t14-,16-/m0/s1. The molecule has 2 amide bonds. The van der Waals surface area contributed by atoms with Gasteiger partial charge in [0, 0.05) is 12.6 Å². The third-order valence-corrected chi connectivity index (χ3v) is 6.39. The molecule has 2 fully saturated rings. The molecule has 1 aliphatic heterocycles. The van der Waals surface area contributed by atoms with Crippen molar-refractivity contribution in [1.29, 1.82) is 0 Å². The van der Waals surface area contributed by atoms with Crippen LogP contribution in [-0.2, 0) is 10.0 Å². The fourth-order valence-corrected chi connectivity index (χ4v) is 4.79. The summed E-state index contributed by atoms with van der Waals surface area (Å²) in [4.78, 5) is 14.4. The topological polar surface area (TPSA) is 66.5 Å². The molecule has 1 aromatic carbocycles. The van der Waals surface area contributed by atoms with E-state index in [9.17, 15) is 13.2 Å². The van der Waals surface area contributed by atoms with E-state index in [4.69, 9.17) is 0 Å². The molecule has 1 aromatic rings. The lowest BCUT2D eigenvalue weighted by Gasteiger charge is -2.43. The molecule has 6 heteroatoms. The summed E-state index contributed by atoms with van der Waals surface area (Å²) in [5.41, 5.74) is 0.983. The van der Waals surface area contributed by atoms with Crippen LogP contribution in [0.25, 0.3) is 0 Å². The van der Waals surface area contributed by atoms with Crippen LogP contribution in [0.1, 0.15) is 44.1 Å². The summed E-state index contributed by atoms with van der Waals surface area (Å²) in [6.45, 7) is 2.54. The zero-order valence-corrected chi connectivity index (χ0v) is 14.3. The number of carbonyl (C=O) groups excluding carboxylic acids is 1. The molecule has 23 heavy (non-hydrogen) atoms. The molecule has 1 aliphatic carbocycles. The molecule has 0 spiro atoms. The fraction of sp³-hybridized carbons (Fsp3) is 0.588. The van der Waals surface area contributed by atoms with Crippen molar-refractivity contribution < 1.29 is 13.2 Å². The monoisotopic (exact) mass is 336 g/mol. The number of rotatable bonds is 2. The quantitative estimate of drug-likeness (QED) is 0.902. The largest absolute Gasteiger partial charge is 0.331 e. The van der Waals surface area contributed by atoms with E-state index in [1.165, 1.54) is 18.6 Å². The Labute approximate surface area is 138 Å². The summed E-state index contributed by atoms with van der Waals surface area (Å²) in [6, 6.07) is 6.26. The maximum Gasteiger partial charge on any atom is 0.331 e. The van der Waals surface area contributed by atoms with Gasteiger partial charge >= 0.3 is 6.03 Å². The molecule has 3 rings (SSSR count). The Morgan fingerprint density at radius 1 is 1.09 bits per heavy atom. The van der Waals surface area contributed by atoms with Gasteiger partial charge in [-0.25, -0.2) is 17.9 Å². The number of nitrogens with zero attached hydrogens (tertiary/aromatic N) is 1. The smallest absolute Gasteiger partial charge is 0.321 e. The molecule has 1 heterocycles. The summed E-state index contributed by atoms with van der Waals surface area (Å²) >= 11 is 0. The van der Waals surface area contributed by atoms with Crippen LogP contribution in [0.3, 0.4) is 0 Å². The SMILES string of the molecule is Cc1ccc(S(=O)(=O)NC(=O)N2CCC[C@@H]3CCCC[C@@H]32)cc1. The molecule has 1 saturated heterocycles. The Morgan fingerprint density at radius 2 is 1.74 bits per heavy atom. The van der Waals surface area contributed by atoms with Crippen molar-refractivity contribution in [2.45, 2.75) is 56.4 Å². The number of nitrogens with one attached hydrogen (secondary N) is 1. The molecule has 1 N–H and O–H groups in total. The van der Waals surface area contributed by atoms with Gasteiger partial charge < -0.3 is 4.90 Å². The van der Waals surface area contributed by atoms with Crippen molar-refractivity contribution in [1.82, 2.24) is 9.62 Å². The van der Waals surface area contributed by atoms with E-state index < -0.39 is 16.1 Å². The normalized spacial score (nSPS) is 24.8. The van der Waals surface area contributed by atoms with Crippen LogP contribution >= 0.6 is 0 Å². The molecule has 0 unspecified atom stereocenters. The Kier molecular flexibility index (Phi) is 4.62. The zero-order valence-electron chi connectivity index (χ0n) is 13.5. The number of carbonyl (C=O) groups is 1. The molecule has 1 saturated carbocycles. The van der Waals surface area contributed by atoms with Gasteiger partial charge in [0.1, 0.15) is 0 Å². The van der Waals surface area contributed by atoms with Crippen LogP contribution in [0, 0.1) is 12.8 Å². The lowest BCUT2D eigenvalue weighted by Crippen LogP contribution is -2.54. The van der Waals surface area contributed by atoms with Crippen molar-refractivity contribution in [3.8, 4) is 0 Å². The highest BCUT2D eigenvalue weighted by atomic mass is 32.2. The first-order valence-electron chi connectivity index (χ1n) is 8.37. The van der Waals surface area contributed by atoms with E-state index in [1.54, 1.807) is 17.0 Å². The van der Waals surface area contributed by atoms with Crippen molar-refractivity contribution in [3.63, 3.8) is 0 Å². The van der Waals surface area contributed by atoms with E-state index in [1.807, 2.05) is 6.92 Å². The second-order valence-corrected chi connectivity index (χ2v) is 8.35. The third-order valence-electron chi connectivity index (χ3n) is 5.06. The highest BCUT2D eigenvalue weighted by Gasteiger charge is 2.36. The van der Waals surface area contributed by atoms with Gasteiger partial charge in [0.05, 0.1) is 4.90 Å². The zero-order chi connectivity index (χ0) is 16.4. The van der Waals surface area contributed by atoms with Crippen LogP contribution in [0.4, 0.5) is 4.79 Å². The Bertz CT molecular complexity index is 668. The highest BCUT2D eigenvalue weighted by molar-refractivity contribution is 7.90. The molecular weight excluding hydrogens is 312 g/mol. The molecule has 2 aliphatic rings. The minimum absolute atomic E-state index is 0.133. The molecule has 0 bridgehead atoms. The number of piperidine rings is 1. The van der Waals surface area contributed by atoms with Gasteiger partial charge in [-0.3, -0.25) is 0 Å². The number of hydrogen-bond donors (Lipinski definition) is 1. The molecular formula is C17H24N2O3S. The second kappa shape index (κ2) is 6.51. The van der Waals surface area contributed by atoms with Gasteiger partial charge in [-0.15, -0.1) is 0 Å². The number of fused-ring (bicyclic) bond motifs is 1. The number of sulfonamides is 1. The van der Waals surface area contributed by atoms with Gasteiger partial charge in [-0.05, 0) is 50.7 Å². The first-order chi connectivity index (χ1) is 11.0. The van der Waals surface area contributed by atoms with Crippen molar-refractivity contribution in [3.05, 3.63) is 29.8 Å². The summed E-state index contributed by atoms with van der Waals surface area (Å²) in [7, 11) is -3.80. The van der Waals surface area contributed by atoms with Crippen molar-refractivity contribution >= 4 is 16.1 Å². The van der Waals surface area contributed by atoms with Crippen molar-refractivity contribution in [2.75, 3.05) is 6.54 Å². The fourth-order valence-electron chi connectivity index (χ4n) is 3.83. The second-order valence-electron chi connectivity index (χ2n) is 6.67. The van der Waals surface area contributed by atoms with E-state index in [2.05, 4.69) is 4.72 Å². The highest BCUT2D eigenvalue weighted by Crippen LogP contribution is 2.35. The maximum atomic E-state index is 12.5. The Balaban J connectivity index is 1.73. The maximum absolute atomic E-state index is 12.5.